The van der Waals surface area contributed by atoms with Crippen LogP contribution in [0.5, 0.6) is 0 Å². The highest BCUT2D eigenvalue weighted by atomic mass is 16.1. The number of nitrogens with one attached hydrogen (secondary N) is 1. The van der Waals surface area contributed by atoms with Gasteiger partial charge in [0.15, 0.2) is 0 Å². The van der Waals surface area contributed by atoms with Gasteiger partial charge >= 0.3 is 0 Å². The quantitative estimate of drug-likeness (QED) is 0.799. The second kappa shape index (κ2) is 7.13. The van der Waals surface area contributed by atoms with E-state index in [1.807, 2.05) is 37.3 Å². The van der Waals surface area contributed by atoms with Gasteiger partial charge in [0.2, 0.25) is 5.91 Å². The Morgan fingerprint density at radius 1 is 1.26 bits per heavy atom. The fourth-order valence-electron chi connectivity index (χ4n) is 2.52. The fourth-order valence-corrected chi connectivity index (χ4v) is 2.52. The summed E-state index contributed by atoms with van der Waals surface area (Å²) in [5.41, 5.74) is 2.59. The van der Waals surface area contributed by atoms with Crippen LogP contribution >= 0.6 is 0 Å². The van der Waals surface area contributed by atoms with Crippen LogP contribution in [0.4, 0.5) is 0 Å². The average Bonchev–Trinajstić information content (AvgIpc) is 2.48. The second-order valence-electron chi connectivity index (χ2n) is 5.28. The molecule has 0 spiro atoms. The molecule has 2 rings (SSSR count). The Balaban J connectivity index is 1.76. The molecule has 1 N–H and O–H groups in total. The van der Waals surface area contributed by atoms with Crippen molar-refractivity contribution in [1.29, 1.82) is 0 Å². The topological polar surface area (TPSA) is 29.1 Å². The molecule has 0 saturated heterocycles. The first kappa shape index (κ1) is 13.9. The normalized spacial score (nSPS) is 16.6. The summed E-state index contributed by atoms with van der Waals surface area (Å²) in [6.45, 7) is 2.73. The Morgan fingerprint density at radius 2 is 2.05 bits per heavy atom. The summed E-state index contributed by atoms with van der Waals surface area (Å²) in [5, 5.41) is 3.05. The van der Waals surface area contributed by atoms with Crippen molar-refractivity contribution in [2.45, 2.75) is 44.9 Å². The summed E-state index contributed by atoms with van der Waals surface area (Å²) in [7, 11) is 0. The zero-order valence-electron chi connectivity index (χ0n) is 11.7. The summed E-state index contributed by atoms with van der Waals surface area (Å²) in [5.74, 6) is 0.0594. The van der Waals surface area contributed by atoms with Crippen LogP contribution in [0, 0.1) is 0 Å². The highest BCUT2D eigenvalue weighted by Gasteiger charge is 2.14. The molecule has 0 bridgehead atoms. The van der Waals surface area contributed by atoms with Gasteiger partial charge < -0.3 is 5.32 Å². The van der Waals surface area contributed by atoms with Crippen LogP contribution in [0.2, 0.25) is 0 Å². The van der Waals surface area contributed by atoms with E-state index in [1.165, 1.54) is 31.3 Å². The summed E-state index contributed by atoms with van der Waals surface area (Å²) < 4.78 is 0. The molecule has 0 radical (unpaired) electrons. The van der Waals surface area contributed by atoms with Gasteiger partial charge in [-0.3, -0.25) is 4.79 Å². The Labute approximate surface area is 115 Å². The SMILES string of the molecule is C[C@H](C(=O)NCCC1=CCCCC1)c1ccccc1. The van der Waals surface area contributed by atoms with Crippen LogP contribution in [0.1, 0.15) is 50.5 Å². The Bertz CT molecular complexity index is 436. The Kier molecular flexibility index (Phi) is 5.20. The fraction of sp³-hybridized carbons (Fsp3) is 0.471. The molecule has 1 aliphatic carbocycles. The molecule has 2 nitrogen and oxygen atoms in total. The lowest BCUT2D eigenvalue weighted by Gasteiger charge is -2.15. The van der Waals surface area contributed by atoms with Gasteiger partial charge in [0.25, 0.3) is 0 Å². The maximum absolute atomic E-state index is 12.1. The number of carbonyl (C=O) groups excluding carboxylic acids is 1. The third-order valence-electron chi connectivity index (χ3n) is 3.82. The Morgan fingerprint density at radius 3 is 2.74 bits per heavy atom. The zero-order valence-corrected chi connectivity index (χ0v) is 11.7. The van der Waals surface area contributed by atoms with Crippen molar-refractivity contribution in [3.63, 3.8) is 0 Å². The van der Waals surface area contributed by atoms with E-state index in [0.717, 1.165) is 18.5 Å². The summed E-state index contributed by atoms with van der Waals surface area (Å²) in [4.78, 5) is 12.1. The third kappa shape index (κ3) is 4.23. The maximum Gasteiger partial charge on any atom is 0.227 e. The molecule has 19 heavy (non-hydrogen) atoms. The molecule has 1 amide bonds. The molecule has 0 unspecified atom stereocenters. The first-order valence-electron chi connectivity index (χ1n) is 7.28. The highest BCUT2D eigenvalue weighted by molar-refractivity contribution is 5.83. The molecule has 0 saturated carbocycles. The van der Waals surface area contributed by atoms with Crippen LogP contribution in [0.15, 0.2) is 42.0 Å². The number of amides is 1. The van der Waals surface area contributed by atoms with E-state index in [9.17, 15) is 4.79 Å². The van der Waals surface area contributed by atoms with E-state index in [0.29, 0.717) is 0 Å². The predicted octanol–water partition coefficient (Wildman–Crippen LogP) is 3.80. The van der Waals surface area contributed by atoms with E-state index in [-0.39, 0.29) is 11.8 Å². The lowest BCUT2D eigenvalue weighted by molar-refractivity contribution is -0.122. The van der Waals surface area contributed by atoms with E-state index in [2.05, 4.69) is 11.4 Å². The van der Waals surface area contributed by atoms with Crippen molar-refractivity contribution in [3.8, 4) is 0 Å². The smallest absolute Gasteiger partial charge is 0.227 e. The lowest BCUT2D eigenvalue weighted by atomic mass is 9.97. The minimum atomic E-state index is -0.0680. The van der Waals surface area contributed by atoms with Gasteiger partial charge in [0.1, 0.15) is 0 Å². The van der Waals surface area contributed by atoms with Gasteiger partial charge in [0, 0.05) is 6.54 Å². The molecular formula is C17H23NO. The largest absolute Gasteiger partial charge is 0.355 e. The molecular weight excluding hydrogens is 234 g/mol. The number of allylic oxidation sites excluding steroid dienone is 1. The van der Waals surface area contributed by atoms with Crippen LogP contribution in [-0.4, -0.2) is 12.5 Å². The van der Waals surface area contributed by atoms with E-state index in [4.69, 9.17) is 0 Å². The first-order valence-corrected chi connectivity index (χ1v) is 7.28. The number of hydrogen-bond donors (Lipinski definition) is 1. The van der Waals surface area contributed by atoms with E-state index < -0.39 is 0 Å². The van der Waals surface area contributed by atoms with Gasteiger partial charge in [0.05, 0.1) is 5.92 Å². The molecule has 1 aliphatic rings. The summed E-state index contributed by atoms with van der Waals surface area (Å²) in [6, 6.07) is 9.95. The van der Waals surface area contributed by atoms with Crippen LogP contribution in [0.25, 0.3) is 0 Å². The van der Waals surface area contributed by atoms with Crippen molar-refractivity contribution in [1.82, 2.24) is 5.32 Å². The molecule has 0 aromatic heterocycles. The number of rotatable bonds is 5. The van der Waals surface area contributed by atoms with Crippen LogP contribution in [0.3, 0.4) is 0 Å². The highest BCUT2D eigenvalue weighted by Crippen LogP contribution is 2.19. The van der Waals surface area contributed by atoms with Gasteiger partial charge in [-0.15, -0.1) is 0 Å². The summed E-state index contributed by atoms with van der Waals surface area (Å²) in [6.07, 6.45) is 8.40. The molecule has 102 valence electrons. The van der Waals surface area contributed by atoms with Gasteiger partial charge in [-0.25, -0.2) is 0 Å². The van der Waals surface area contributed by atoms with Crippen molar-refractivity contribution in [2.75, 3.05) is 6.54 Å². The van der Waals surface area contributed by atoms with Gasteiger partial charge in [-0.1, -0.05) is 42.0 Å². The van der Waals surface area contributed by atoms with Gasteiger partial charge in [-0.2, -0.15) is 0 Å². The average molecular weight is 257 g/mol. The maximum atomic E-state index is 12.1. The monoisotopic (exact) mass is 257 g/mol. The minimum Gasteiger partial charge on any atom is -0.355 e. The molecule has 0 aliphatic heterocycles. The molecule has 1 aromatic carbocycles. The van der Waals surface area contributed by atoms with Crippen LogP contribution < -0.4 is 5.32 Å². The number of hydrogen-bond acceptors (Lipinski definition) is 1. The van der Waals surface area contributed by atoms with Crippen molar-refractivity contribution in [2.24, 2.45) is 0 Å². The van der Waals surface area contributed by atoms with Crippen molar-refractivity contribution >= 4 is 5.91 Å². The molecule has 0 fully saturated rings. The molecule has 2 heteroatoms. The predicted molar refractivity (Wildman–Crippen MR) is 79.0 cm³/mol. The number of carbonyl (C=O) groups is 1. The van der Waals surface area contributed by atoms with Gasteiger partial charge in [-0.05, 0) is 44.6 Å². The lowest BCUT2D eigenvalue weighted by Crippen LogP contribution is -2.29. The van der Waals surface area contributed by atoms with Crippen molar-refractivity contribution < 1.29 is 4.79 Å². The molecule has 1 aromatic rings. The molecule has 0 heterocycles. The van der Waals surface area contributed by atoms with E-state index in [1.54, 1.807) is 0 Å². The Hall–Kier alpha value is -1.57. The van der Waals surface area contributed by atoms with Crippen molar-refractivity contribution in [3.05, 3.63) is 47.5 Å². The third-order valence-corrected chi connectivity index (χ3v) is 3.82. The van der Waals surface area contributed by atoms with E-state index >= 15 is 0 Å². The second-order valence-corrected chi connectivity index (χ2v) is 5.28. The number of benzene rings is 1. The standard InChI is InChI=1S/C17H23NO/c1-14(16-10-6-3-7-11-16)17(19)18-13-12-15-8-4-2-5-9-15/h3,6-8,10-11,14H,2,4-5,9,12-13H2,1H3,(H,18,19)/t14-/m0/s1. The minimum absolute atomic E-state index is 0.0680. The first-order chi connectivity index (χ1) is 9.27. The molecule has 1 atom stereocenters. The summed E-state index contributed by atoms with van der Waals surface area (Å²) >= 11 is 0. The zero-order chi connectivity index (χ0) is 13.5. The van der Waals surface area contributed by atoms with Crippen LogP contribution in [-0.2, 0) is 4.79 Å².